The molecule has 0 aliphatic rings. The molecule has 18 heavy (non-hydrogen) atoms. The Morgan fingerprint density at radius 3 is 2.78 bits per heavy atom. The number of rotatable bonds is 4. The lowest BCUT2D eigenvalue weighted by Gasteiger charge is -2.06. The largest absolute Gasteiger partial charge is 0.497 e. The monoisotopic (exact) mass is 240 g/mol. The Labute approximate surface area is 106 Å². The summed E-state index contributed by atoms with van der Waals surface area (Å²) in [6, 6.07) is 17.4. The molecular weight excluding hydrogens is 226 g/mol. The summed E-state index contributed by atoms with van der Waals surface area (Å²) >= 11 is 0. The summed E-state index contributed by atoms with van der Waals surface area (Å²) in [6.45, 7) is 0.481. The molecule has 0 aliphatic heterocycles. The Hall–Kier alpha value is -2.29. The highest BCUT2D eigenvalue weighted by Crippen LogP contribution is 2.12. The lowest BCUT2D eigenvalue weighted by Crippen LogP contribution is -2.22. The van der Waals surface area contributed by atoms with Crippen LogP contribution in [0.3, 0.4) is 0 Å². The summed E-state index contributed by atoms with van der Waals surface area (Å²) < 4.78 is 5.13. The zero-order valence-electron chi connectivity index (χ0n) is 10.1. The van der Waals surface area contributed by atoms with Crippen molar-refractivity contribution in [3.8, 4) is 5.75 Å². The molecule has 2 rings (SSSR count). The Balaban J connectivity index is 1.97. The highest BCUT2D eigenvalue weighted by atomic mass is 16.5. The van der Waals surface area contributed by atoms with Gasteiger partial charge in [-0.15, -0.1) is 0 Å². The number of nitrogens with one attached hydrogen (secondary N) is 1. The third-order valence-corrected chi connectivity index (χ3v) is 2.57. The van der Waals surface area contributed by atoms with Crippen LogP contribution in [0.5, 0.6) is 5.75 Å². The molecule has 0 aliphatic carbocycles. The van der Waals surface area contributed by atoms with E-state index in [9.17, 15) is 4.79 Å². The predicted octanol–water partition coefficient (Wildman–Crippen LogP) is 2.43. The molecular formula is C15H14NO2. The van der Waals surface area contributed by atoms with Crippen LogP contribution in [0.15, 0.2) is 48.5 Å². The van der Waals surface area contributed by atoms with Gasteiger partial charge in [0.2, 0.25) is 0 Å². The normalized spacial score (nSPS) is 9.83. The number of benzene rings is 2. The predicted molar refractivity (Wildman–Crippen MR) is 69.4 cm³/mol. The van der Waals surface area contributed by atoms with E-state index in [4.69, 9.17) is 4.74 Å². The second kappa shape index (κ2) is 5.87. The van der Waals surface area contributed by atoms with Gasteiger partial charge in [-0.1, -0.05) is 24.3 Å². The van der Waals surface area contributed by atoms with E-state index >= 15 is 0 Å². The summed E-state index contributed by atoms with van der Waals surface area (Å²) in [5, 5.41) is 2.86. The van der Waals surface area contributed by atoms with Crippen LogP contribution >= 0.6 is 0 Å². The number of amides is 1. The SMILES string of the molecule is COc1cccc(CNC(=O)c2cc[c]cc2)c1. The molecule has 0 fully saturated rings. The molecule has 0 unspecified atom stereocenters. The molecule has 91 valence electrons. The van der Waals surface area contributed by atoms with Gasteiger partial charge in [-0.3, -0.25) is 4.79 Å². The lowest BCUT2D eigenvalue weighted by molar-refractivity contribution is 0.0951. The van der Waals surface area contributed by atoms with Gasteiger partial charge in [0.25, 0.3) is 5.91 Å². The van der Waals surface area contributed by atoms with E-state index in [0.29, 0.717) is 12.1 Å². The number of hydrogen-bond donors (Lipinski definition) is 1. The fraction of sp³-hybridized carbons (Fsp3) is 0.133. The number of carbonyl (C=O) groups excluding carboxylic acids is 1. The minimum Gasteiger partial charge on any atom is -0.497 e. The molecule has 2 aromatic rings. The van der Waals surface area contributed by atoms with E-state index in [-0.39, 0.29) is 5.91 Å². The molecule has 0 spiro atoms. The molecule has 1 radical (unpaired) electrons. The molecule has 1 amide bonds. The fourth-order valence-electron chi connectivity index (χ4n) is 1.61. The molecule has 0 heterocycles. The molecule has 0 aromatic heterocycles. The third kappa shape index (κ3) is 3.10. The first kappa shape index (κ1) is 12.2. The minimum absolute atomic E-state index is 0.0909. The molecule has 0 bridgehead atoms. The number of ether oxygens (including phenoxy) is 1. The highest BCUT2D eigenvalue weighted by molar-refractivity contribution is 5.94. The van der Waals surface area contributed by atoms with Gasteiger partial charge in [-0.25, -0.2) is 0 Å². The average Bonchev–Trinajstić information content (AvgIpc) is 2.46. The second-order valence-corrected chi connectivity index (χ2v) is 3.82. The van der Waals surface area contributed by atoms with Gasteiger partial charge >= 0.3 is 0 Å². The second-order valence-electron chi connectivity index (χ2n) is 3.82. The quantitative estimate of drug-likeness (QED) is 0.891. The summed E-state index contributed by atoms with van der Waals surface area (Å²) in [7, 11) is 1.62. The first-order valence-electron chi connectivity index (χ1n) is 5.67. The molecule has 0 saturated heterocycles. The van der Waals surface area contributed by atoms with Crippen LogP contribution in [0, 0.1) is 6.07 Å². The van der Waals surface area contributed by atoms with E-state index < -0.39 is 0 Å². The molecule has 3 heteroatoms. The number of hydrogen-bond acceptors (Lipinski definition) is 2. The maximum atomic E-state index is 11.8. The Morgan fingerprint density at radius 2 is 2.06 bits per heavy atom. The van der Waals surface area contributed by atoms with E-state index in [0.717, 1.165) is 11.3 Å². The van der Waals surface area contributed by atoms with Gasteiger partial charge in [0.1, 0.15) is 5.75 Å². The molecule has 2 aromatic carbocycles. The minimum atomic E-state index is -0.0909. The van der Waals surface area contributed by atoms with Gasteiger partial charge in [-0.05, 0) is 35.9 Å². The average molecular weight is 240 g/mol. The van der Waals surface area contributed by atoms with Crippen LogP contribution < -0.4 is 10.1 Å². The van der Waals surface area contributed by atoms with Crippen molar-refractivity contribution in [2.24, 2.45) is 0 Å². The van der Waals surface area contributed by atoms with Crippen molar-refractivity contribution in [1.29, 1.82) is 0 Å². The Morgan fingerprint density at radius 1 is 1.28 bits per heavy atom. The van der Waals surface area contributed by atoms with Crippen molar-refractivity contribution in [1.82, 2.24) is 5.32 Å². The van der Waals surface area contributed by atoms with Gasteiger partial charge in [-0.2, -0.15) is 0 Å². The fourth-order valence-corrected chi connectivity index (χ4v) is 1.61. The topological polar surface area (TPSA) is 38.3 Å². The van der Waals surface area contributed by atoms with E-state index in [2.05, 4.69) is 11.4 Å². The van der Waals surface area contributed by atoms with Crippen molar-refractivity contribution in [3.05, 3.63) is 65.7 Å². The van der Waals surface area contributed by atoms with Crippen LogP contribution in [0.4, 0.5) is 0 Å². The summed E-state index contributed by atoms with van der Waals surface area (Å²) in [6.07, 6.45) is 0. The van der Waals surface area contributed by atoms with Crippen molar-refractivity contribution >= 4 is 5.91 Å². The Kier molecular flexibility index (Phi) is 3.97. The highest BCUT2D eigenvalue weighted by Gasteiger charge is 2.04. The first-order valence-corrected chi connectivity index (χ1v) is 5.67. The van der Waals surface area contributed by atoms with Crippen molar-refractivity contribution in [2.75, 3.05) is 7.11 Å². The van der Waals surface area contributed by atoms with Gasteiger partial charge in [0.15, 0.2) is 0 Å². The maximum absolute atomic E-state index is 11.8. The first-order chi connectivity index (χ1) is 8.79. The van der Waals surface area contributed by atoms with Crippen molar-refractivity contribution in [2.45, 2.75) is 6.54 Å². The van der Waals surface area contributed by atoms with Crippen LogP contribution in [0.2, 0.25) is 0 Å². The smallest absolute Gasteiger partial charge is 0.251 e. The van der Waals surface area contributed by atoms with Crippen LogP contribution in [0.1, 0.15) is 15.9 Å². The summed E-state index contributed by atoms with van der Waals surface area (Å²) in [4.78, 5) is 11.8. The van der Waals surface area contributed by atoms with Crippen molar-refractivity contribution in [3.63, 3.8) is 0 Å². The van der Waals surface area contributed by atoms with E-state index in [1.54, 1.807) is 31.4 Å². The van der Waals surface area contributed by atoms with Crippen LogP contribution in [-0.2, 0) is 6.54 Å². The molecule has 0 atom stereocenters. The van der Waals surface area contributed by atoms with Crippen LogP contribution in [-0.4, -0.2) is 13.0 Å². The lowest BCUT2D eigenvalue weighted by atomic mass is 10.2. The van der Waals surface area contributed by atoms with Gasteiger partial charge < -0.3 is 10.1 Å². The van der Waals surface area contributed by atoms with Crippen molar-refractivity contribution < 1.29 is 9.53 Å². The van der Waals surface area contributed by atoms with Gasteiger partial charge in [0.05, 0.1) is 7.11 Å². The maximum Gasteiger partial charge on any atom is 0.251 e. The standard InChI is InChI=1S/C15H14NO2/c1-18-14-9-5-6-12(10-14)11-16-15(17)13-7-3-2-4-8-13/h3-10H,11H2,1H3,(H,16,17). The zero-order valence-corrected chi connectivity index (χ0v) is 10.1. The van der Waals surface area contributed by atoms with E-state index in [1.807, 2.05) is 24.3 Å². The summed E-state index contributed by atoms with van der Waals surface area (Å²) in [5.74, 6) is 0.697. The molecule has 3 nitrogen and oxygen atoms in total. The number of methoxy groups -OCH3 is 1. The number of carbonyl (C=O) groups is 1. The Bertz CT molecular complexity index is 523. The molecule has 0 saturated carbocycles. The third-order valence-electron chi connectivity index (χ3n) is 2.57. The summed E-state index contributed by atoms with van der Waals surface area (Å²) in [5.41, 5.74) is 1.64. The molecule has 1 N–H and O–H groups in total. The van der Waals surface area contributed by atoms with Gasteiger partial charge in [0, 0.05) is 12.1 Å². The van der Waals surface area contributed by atoms with E-state index in [1.165, 1.54) is 0 Å². The van der Waals surface area contributed by atoms with Crippen LogP contribution in [0.25, 0.3) is 0 Å². The zero-order chi connectivity index (χ0) is 12.8.